The number of halogens is 1. The zero-order valence-electron chi connectivity index (χ0n) is 21.3. The lowest BCUT2D eigenvalue weighted by molar-refractivity contribution is -0.243. The van der Waals surface area contributed by atoms with Crippen molar-refractivity contribution >= 4 is 17.5 Å². The maximum atomic E-state index is 17.3. The van der Waals surface area contributed by atoms with Gasteiger partial charge < -0.3 is 19.3 Å². The molecule has 8 atom stereocenters. The summed E-state index contributed by atoms with van der Waals surface area (Å²) in [7, 11) is 1.46. The van der Waals surface area contributed by atoms with E-state index in [9.17, 15) is 19.5 Å². The molecule has 0 saturated heterocycles. The number of alkyl halides is 1. The van der Waals surface area contributed by atoms with Crippen LogP contribution in [0.15, 0.2) is 23.8 Å². The van der Waals surface area contributed by atoms with Crippen LogP contribution in [0.1, 0.15) is 59.8 Å². The molecule has 0 unspecified atom stereocenters. The molecule has 0 radical (unpaired) electrons. The molecule has 7 nitrogen and oxygen atoms in total. The molecule has 0 heterocycles. The highest BCUT2D eigenvalue weighted by Crippen LogP contribution is 2.71. The Bertz CT molecular complexity index is 975. The van der Waals surface area contributed by atoms with Crippen LogP contribution in [0.2, 0.25) is 0 Å². The summed E-state index contributed by atoms with van der Waals surface area (Å²) in [5, 5.41) is 11.5. The van der Waals surface area contributed by atoms with Crippen LogP contribution in [0.3, 0.4) is 0 Å². The van der Waals surface area contributed by atoms with Gasteiger partial charge in [-0.1, -0.05) is 32.4 Å². The fourth-order valence-electron chi connectivity index (χ4n) is 8.02. The second kappa shape index (κ2) is 8.89. The molecule has 1 N–H and O–H groups in total. The maximum Gasteiger partial charge on any atom is 0.305 e. The van der Waals surface area contributed by atoms with Gasteiger partial charge in [0.1, 0.15) is 12.4 Å². The molecule has 0 bridgehead atoms. The van der Waals surface area contributed by atoms with Gasteiger partial charge in [0.05, 0.1) is 6.10 Å². The highest BCUT2D eigenvalue weighted by atomic mass is 19.1. The zero-order chi connectivity index (χ0) is 25.8. The third kappa shape index (κ3) is 3.43. The molecule has 3 fully saturated rings. The number of ether oxygens (including phenoxy) is 3. The molecule has 4 aliphatic rings. The van der Waals surface area contributed by atoms with Gasteiger partial charge in [-0.2, -0.15) is 0 Å². The molecule has 0 aromatic carbocycles. The Morgan fingerprint density at radius 2 is 1.97 bits per heavy atom. The molecule has 35 heavy (non-hydrogen) atoms. The number of aliphatic hydroxyl groups is 1. The van der Waals surface area contributed by atoms with Crippen molar-refractivity contribution in [2.75, 3.05) is 20.5 Å². The topological polar surface area (TPSA) is 99.1 Å². The Kier molecular flexibility index (Phi) is 6.65. The number of Topliss-reactive ketones (excluding diaryl/α,β-unsaturated/α-hetero) is 1. The Morgan fingerprint density at radius 3 is 2.63 bits per heavy atom. The van der Waals surface area contributed by atoms with Gasteiger partial charge in [-0.05, 0) is 56.6 Å². The molecule has 8 heteroatoms. The predicted octanol–water partition coefficient (Wildman–Crippen LogP) is 3.48. The number of carbonyl (C=O) groups is 3. The largest absolute Gasteiger partial charge is 0.458 e. The van der Waals surface area contributed by atoms with Gasteiger partial charge in [0.2, 0.25) is 5.78 Å². The SMILES string of the molecule is CCC(=O)OCC(=O)[C@@]1(OCOC)[C@@H](C)C[C@H]2[C@@H]3CCC4=CC(=O)C=C[C@]4(C)[C@@]3(F)[C@@H](O)C[C@@]21C. The molecule has 0 aliphatic heterocycles. The van der Waals surface area contributed by atoms with Crippen LogP contribution in [0.5, 0.6) is 0 Å². The van der Waals surface area contributed by atoms with Gasteiger partial charge in [-0.25, -0.2) is 4.39 Å². The van der Waals surface area contributed by atoms with Gasteiger partial charge in [0.15, 0.2) is 18.1 Å². The maximum absolute atomic E-state index is 17.3. The Hall–Kier alpha value is -1.90. The van der Waals surface area contributed by atoms with E-state index in [0.29, 0.717) is 24.8 Å². The number of methoxy groups -OCH3 is 1. The Labute approximate surface area is 206 Å². The minimum atomic E-state index is -1.99. The molecular formula is C27H37FO7. The third-order valence-corrected chi connectivity index (χ3v) is 9.65. The number of hydrogen-bond donors (Lipinski definition) is 1. The van der Waals surface area contributed by atoms with Crippen molar-refractivity contribution < 1.29 is 38.1 Å². The van der Waals surface area contributed by atoms with Crippen molar-refractivity contribution in [1.29, 1.82) is 0 Å². The highest BCUT2D eigenvalue weighted by molar-refractivity contribution is 6.01. The first-order valence-electron chi connectivity index (χ1n) is 12.5. The van der Waals surface area contributed by atoms with Crippen LogP contribution in [0.4, 0.5) is 4.39 Å². The smallest absolute Gasteiger partial charge is 0.305 e. The van der Waals surface area contributed by atoms with E-state index in [1.54, 1.807) is 19.9 Å². The predicted molar refractivity (Wildman–Crippen MR) is 125 cm³/mol. The average molecular weight is 493 g/mol. The number of rotatable bonds is 7. The molecule has 0 aromatic rings. The standard InChI is InChI=1S/C27H37FO7/c1-6-23(32)34-14-22(31)27(35-15-33-5)16(2)11-20-19-8-7-17-12-18(29)9-10-24(17,3)26(19,28)21(30)13-25(20,27)4/h9-10,12,16,19-21,30H,6-8,11,13-15H2,1-5H3/t16-,19-,20-,21-,24-,25-,26-,27-/m0/s1. The lowest BCUT2D eigenvalue weighted by Gasteiger charge is -2.63. The Morgan fingerprint density at radius 1 is 1.26 bits per heavy atom. The summed E-state index contributed by atoms with van der Waals surface area (Å²) in [5.41, 5.74) is -4.70. The number of esters is 1. The summed E-state index contributed by atoms with van der Waals surface area (Å²) in [5.74, 6) is -2.17. The van der Waals surface area contributed by atoms with E-state index in [1.165, 1.54) is 19.3 Å². The summed E-state index contributed by atoms with van der Waals surface area (Å²) < 4.78 is 33.9. The van der Waals surface area contributed by atoms with Crippen LogP contribution in [-0.4, -0.2) is 60.5 Å². The van der Waals surface area contributed by atoms with E-state index in [4.69, 9.17) is 14.2 Å². The first kappa shape index (κ1) is 26.2. The van der Waals surface area contributed by atoms with Crippen LogP contribution in [-0.2, 0) is 28.6 Å². The summed E-state index contributed by atoms with van der Waals surface area (Å²) in [6.07, 6.45) is 4.80. The van der Waals surface area contributed by atoms with E-state index >= 15 is 4.39 Å². The van der Waals surface area contributed by atoms with Crippen LogP contribution in [0, 0.1) is 28.6 Å². The summed E-state index contributed by atoms with van der Waals surface area (Å²) in [6.45, 7) is 6.62. The van der Waals surface area contributed by atoms with Crippen molar-refractivity contribution in [3.8, 4) is 0 Å². The summed E-state index contributed by atoms with van der Waals surface area (Å²) in [6, 6.07) is 0. The number of ketones is 2. The van der Waals surface area contributed by atoms with Crippen LogP contribution < -0.4 is 0 Å². The molecule has 4 rings (SSSR count). The van der Waals surface area contributed by atoms with Gasteiger partial charge in [0, 0.05) is 30.3 Å². The number of aliphatic hydroxyl groups excluding tert-OH is 1. The molecule has 0 spiro atoms. The minimum Gasteiger partial charge on any atom is -0.458 e. The van der Waals surface area contributed by atoms with Crippen LogP contribution in [0.25, 0.3) is 0 Å². The van der Waals surface area contributed by atoms with Gasteiger partial charge in [0.25, 0.3) is 0 Å². The monoisotopic (exact) mass is 492 g/mol. The summed E-state index contributed by atoms with van der Waals surface area (Å²) in [4.78, 5) is 37.6. The number of fused-ring (bicyclic) bond motifs is 5. The van der Waals surface area contributed by atoms with Crippen molar-refractivity contribution in [2.24, 2.45) is 28.6 Å². The van der Waals surface area contributed by atoms with E-state index in [0.717, 1.165) is 0 Å². The van der Waals surface area contributed by atoms with Crippen LogP contribution >= 0.6 is 0 Å². The van der Waals surface area contributed by atoms with Crippen molar-refractivity contribution in [1.82, 2.24) is 0 Å². The lowest BCUT2D eigenvalue weighted by atomic mass is 9.44. The Balaban J connectivity index is 1.77. The molecular weight excluding hydrogens is 455 g/mol. The normalized spacial score (nSPS) is 44.2. The lowest BCUT2D eigenvalue weighted by Crippen LogP contribution is -2.70. The third-order valence-electron chi connectivity index (χ3n) is 9.65. The zero-order valence-corrected chi connectivity index (χ0v) is 21.3. The van der Waals surface area contributed by atoms with Crippen molar-refractivity contribution in [2.45, 2.75) is 77.2 Å². The highest BCUT2D eigenvalue weighted by Gasteiger charge is 2.76. The fourth-order valence-corrected chi connectivity index (χ4v) is 8.02. The molecule has 4 aliphatic carbocycles. The number of carbonyl (C=O) groups excluding carboxylic acids is 3. The first-order valence-corrected chi connectivity index (χ1v) is 12.5. The molecule has 0 aromatic heterocycles. The first-order chi connectivity index (χ1) is 16.4. The second-order valence-electron chi connectivity index (χ2n) is 11.1. The van der Waals surface area contributed by atoms with Crippen molar-refractivity contribution in [3.63, 3.8) is 0 Å². The quantitative estimate of drug-likeness (QED) is 0.429. The second-order valence-corrected chi connectivity index (χ2v) is 11.1. The van der Waals surface area contributed by atoms with E-state index < -0.39 is 52.5 Å². The molecule has 194 valence electrons. The van der Waals surface area contributed by atoms with E-state index in [-0.39, 0.29) is 37.3 Å². The summed E-state index contributed by atoms with van der Waals surface area (Å²) >= 11 is 0. The molecule has 3 saturated carbocycles. The van der Waals surface area contributed by atoms with Gasteiger partial charge >= 0.3 is 5.97 Å². The average Bonchev–Trinajstić information content (AvgIpc) is 3.04. The van der Waals surface area contributed by atoms with Gasteiger partial charge in [-0.3, -0.25) is 14.4 Å². The minimum absolute atomic E-state index is 0.00313. The van der Waals surface area contributed by atoms with Crippen molar-refractivity contribution in [3.05, 3.63) is 23.8 Å². The fraction of sp³-hybridized carbons (Fsp3) is 0.741. The number of hydrogen-bond acceptors (Lipinski definition) is 7. The number of allylic oxidation sites excluding steroid dienone is 4. The molecule has 0 amide bonds. The van der Waals surface area contributed by atoms with E-state index in [2.05, 4.69) is 0 Å². The van der Waals surface area contributed by atoms with Gasteiger partial charge in [-0.15, -0.1) is 0 Å². The van der Waals surface area contributed by atoms with E-state index in [1.807, 2.05) is 13.8 Å².